The number of nitrogens with zero attached hydrogens (tertiary/aromatic N) is 2. The lowest BCUT2D eigenvalue weighted by Crippen LogP contribution is -2.36. The van der Waals surface area contributed by atoms with E-state index >= 15 is 0 Å². The molecule has 2 heterocycles. The number of nitrogens with one attached hydrogen (secondary N) is 1. The molecule has 0 bridgehead atoms. The van der Waals surface area contributed by atoms with Crippen molar-refractivity contribution in [3.63, 3.8) is 0 Å². The van der Waals surface area contributed by atoms with Crippen LogP contribution in [0.25, 0.3) is 0 Å². The van der Waals surface area contributed by atoms with Crippen LogP contribution in [0.15, 0.2) is 42.6 Å². The molecule has 1 aromatic carbocycles. The molecule has 1 aliphatic heterocycles. The average molecular weight is 391 g/mol. The second-order valence-corrected chi connectivity index (χ2v) is 7.06. The van der Waals surface area contributed by atoms with Crippen LogP contribution in [-0.4, -0.2) is 37.2 Å². The summed E-state index contributed by atoms with van der Waals surface area (Å²) >= 11 is 0. The molecule has 5 nitrogen and oxygen atoms in total. The van der Waals surface area contributed by atoms with Crippen LogP contribution in [0, 0.1) is 5.92 Å². The van der Waals surface area contributed by atoms with E-state index in [1.54, 1.807) is 12.3 Å². The zero-order valence-corrected chi connectivity index (χ0v) is 15.1. The molecule has 1 saturated heterocycles. The predicted octanol–water partition coefficient (Wildman–Crippen LogP) is 3.68. The molecule has 2 aliphatic rings. The fourth-order valence-electron chi connectivity index (χ4n) is 3.46. The van der Waals surface area contributed by atoms with Gasteiger partial charge < -0.3 is 15.0 Å². The molecule has 2 atom stereocenters. The Morgan fingerprint density at radius 3 is 2.43 bits per heavy atom. The number of hydrogen-bond acceptors (Lipinski definition) is 4. The third kappa shape index (κ3) is 4.11. The van der Waals surface area contributed by atoms with Gasteiger partial charge in [0.2, 0.25) is 5.91 Å². The zero-order valence-electron chi connectivity index (χ0n) is 15.1. The van der Waals surface area contributed by atoms with Gasteiger partial charge in [-0.25, -0.2) is 4.98 Å². The van der Waals surface area contributed by atoms with E-state index in [0.29, 0.717) is 25.5 Å². The number of amides is 1. The number of carbonyl (C=O) groups is 1. The number of pyridine rings is 1. The molecule has 0 spiro atoms. The number of benzene rings is 1. The largest absolute Gasteiger partial charge is 0.416 e. The second kappa shape index (κ2) is 7.43. The fourth-order valence-corrected chi connectivity index (χ4v) is 3.46. The standard InChI is InChI=1S/C20H20F3N3O2/c21-20(22,23)14-3-1-13(2-4-14)16-11-17(16)19(27)25-18-6-5-15(12-24-18)26-7-9-28-10-8-26/h1-6,12,16-17H,7-11H2,(H,24,25,27). The van der Waals surface area contributed by atoms with E-state index in [2.05, 4.69) is 15.2 Å². The first kappa shape index (κ1) is 18.7. The van der Waals surface area contributed by atoms with Gasteiger partial charge in [0, 0.05) is 19.0 Å². The molecular formula is C20H20F3N3O2. The van der Waals surface area contributed by atoms with E-state index in [4.69, 9.17) is 4.74 Å². The topological polar surface area (TPSA) is 54.5 Å². The number of morpholine rings is 1. The molecule has 28 heavy (non-hydrogen) atoms. The number of halogens is 3. The Labute approximate surface area is 160 Å². The molecule has 1 aromatic heterocycles. The Hall–Kier alpha value is -2.61. The summed E-state index contributed by atoms with van der Waals surface area (Å²) in [5.41, 5.74) is 1.06. The Morgan fingerprint density at radius 1 is 1.11 bits per heavy atom. The number of carbonyl (C=O) groups excluding carboxylic acids is 1. The highest BCUT2D eigenvalue weighted by molar-refractivity contribution is 5.94. The van der Waals surface area contributed by atoms with Gasteiger partial charge >= 0.3 is 6.18 Å². The maximum atomic E-state index is 12.7. The van der Waals surface area contributed by atoms with E-state index in [9.17, 15) is 18.0 Å². The molecular weight excluding hydrogens is 371 g/mol. The summed E-state index contributed by atoms with van der Waals surface area (Å²) in [4.78, 5) is 18.9. The number of alkyl halides is 3. The van der Waals surface area contributed by atoms with Crippen LogP contribution < -0.4 is 10.2 Å². The number of anilines is 2. The second-order valence-electron chi connectivity index (χ2n) is 7.06. The van der Waals surface area contributed by atoms with Gasteiger partial charge in [-0.3, -0.25) is 4.79 Å². The minimum absolute atomic E-state index is 0.0464. The van der Waals surface area contributed by atoms with E-state index in [1.165, 1.54) is 12.1 Å². The van der Waals surface area contributed by atoms with Crippen molar-refractivity contribution in [1.82, 2.24) is 4.98 Å². The lowest BCUT2D eigenvalue weighted by molar-refractivity contribution is -0.137. The van der Waals surface area contributed by atoms with Crippen molar-refractivity contribution < 1.29 is 22.7 Å². The number of ether oxygens (including phenoxy) is 1. The van der Waals surface area contributed by atoms with E-state index in [-0.39, 0.29) is 17.7 Å². The van der Waals surface area contributed by atoms with E-state index in [0.717, 1.165) is 36.5 Å². The minimum atomic E-state index is -4.35. The monoisotopic (exact) mass is 391 g/mol. The van der Waals surface area contributed by atoms with E-state index < -0.39 is 11.7 Å². The molecule has 0 radical (unpaired) electrons. The third-order valence-corrected chi connectivity index (χ3v) is 5.17. The van der Waals surface area contributed by atoms with Crippen LogP contribution in [0.4, 0.5) is 24.7 Å². The van der Waals surface area contributed by atoms with Gasteiger partial charge in [-0.15, -0.1) is 0 Å². The molecule has 2 unspecified atom stereocenters. The van der Waals surface area contributed by atoms with Crippen LogP contribution in [0.2, 0.25) is 0 Å². The molecule has 1 saturated carbocycles. The van der Waals surface area contributed by atoms with Crippen LogP contribution in [0.5, 0.6) is 0 Å². The van der Waals surface area contributed by atoms with Crippen molar-refractivity contribution in [3.05, 3.63) is 53.7 Å². The Kier molecular flexibility index (Phi) is 4.97. The summed E-state index contributed by atoms with van der Waals surface area (Å²) in [5, 5.41) is 2.80. The number of hydrogen-bond donors (Lipinski definition) is 1. The third-order valence-electron chi connectivity index (χ3n) is 5.17. The highest BCUT2D eigenvalue weighted by Crippen LogP contribution is 2.48. The Bertz CT molecular complexity index is 831. The van der Waals surface area contributed by atoms with Crippen LogP contribution in [-0.2, 0) is 15.7 Å². The molecule has 2 fully saturated rings. The van der Waals surface area contributed by atoms with Crippen molar-refractivity contribution in [3.8, 4) is 0 Å². The Morgan fingerprint density at radius 2 is 1.82 bits per heavy atom. The maximum Gasteiger partial charge on any atom is 0.416 e. The summed E-state index contributed by atoms with van der Waals surface area (Å²) < 4.78 is 43.3. The van der Waals surface area contributed by atoms with Gasteiger partial charge in [0.25, 0.3) is 0 Å². The van der Waals surface area contributed by atoms with Crippen molar-refractivity contribution in [2.24, 2.45) is 5.92 Å². The van der Waals surface area contributed by atoms with Crippen molar-refractivity contribution in [2.45, 2.75) is 18.5 Å². The lowest BCUT2D eigenvalue weighted by atomic mass is 10.1. The molecule has 1 N–H and O–H groups in total. The molecule has 8 heteroatoms. The van der Waals surface area contributed by atoms with Gasteiger partial charge in [0.15, 0.2) is 0 Å². The minimum Gasteiger partial charge on any atom is -0.378 e. The molecule has 2 aromatic rings. The predicted molar refractivity (Wildman–Crippen MR) is 98.2 cm³/mol. The first-order chi connectivity index (χ1) is 13.4. The van der Waals surface area contributed by atoms with Gasteiger partial charge in [0.1, 0.15) is 5.82 Å². The molecule has 1 aliphatic carbocycles. The SMILES string of the molecule is O=C(Nc1ccc(N2CCOCC2)cn1)C1CC1c1ccc(C(F)(F)F)cc1. The quantitative estimate of drug-likeness (QED) is 0.864. The first-order valence-corrected chi connectivity index (χ1v) is 9.18. The highest BCUT2D eigenvalue weighted by Gasteiger charge is 2.44. The summed E-state index contributed by atoms with van der Waals surface area (Å²) in [6.07, 6.45) is -2.00. The zero-order chi connectivity index (χ0) is 19.7. The Balaban J connectivity index is 1.33. The summed E-state index contributed by atoms with van der Waals surface area (Å²) in [5.74, 6) is 0.0314. The lowest BCUT2D eigenvalue weighted by Gasteiger charge is -2.28. The fraction of sp³-hybridized carbons (Fsp3) is 0.400. The maximum absolute atomic E-state index is 12.7. The van der Waals surface area contributed by atoms with Gasteiger partial charge in [-0.1, -0.05) is 12.1 Å². The van der Waals surface area contributed by atoms with Crippen LogP contribution in [0.3, 0.4) is 0 Å². The molecule has 148 valence electrons. The molecule has 1 amide bonds. The first-order valence-electron chi connectivity index (χ1n) is 9.18. The highest BCUT2D eigenvalue weighted by atomic mass is 19.4. The molecule has 4 rings (SSSR count). The van der Waals surface area contributed by atoms with Crippen LogP contribution >= 0.6 is 0 Å². The van der Waals surface area contributed by atoms with Crippen molar-refractivity contribution in [1.29, 1.82) is 0 Å². The van der Waals surface area contributed by atoms with Crippen molar-refractivity contribution >= 4 is 17.4 Å². The van der Waals surface area contributed by atoms with Gasteiger partial charge in [-0.05, 0) is 42.2 Å². The summed E-state index contributed by atoms with van der Waals surface area (Å²) in [6.45, 7) is 2.99. The van der Waals surface area contributed by atoms with Gasteiger partial charge in [-0.2, -0.15) is 13.2 Å². The number of rotatable bonds is 4. The van der Waals surface area contributed by atoms with Crippen molar-refractivity contribution in [2.75, 3.05) is 36.5 Å². The normalized spacial score (nSPS) is 22.0. The van der Waals surface area contributed by atoms with Crippen LogP contribution in [0.1, 0.15) is 23.5 Å². The number of aromatic nitrogens is 1. The average Bonchev–Trinajstić information content (AvgIpc) is 3.50. The smallest absolute Gasteiger partial charge is 0.378 e. The van der Waals surface area contributed by atoms with E-state index in [1.807, 2.05) is 6.07 Å². The van der Waals surface area contributed by atoms with Gasteiger partial charge in [0.05, 0.1) is 30.7 Å². The summed E-state index contributed by atoms with van der Waals surface area (Å²) in [6, 6.07) is 8.71. The summed E-state index contributed by atoms with van der Waals surface area (Å²) in [7, 11) is 0.